The monoisotopic (exact) mass is 282 g/mol. The molecule has 1 aromatic carbocycles. The topological polar surface area (TPSA) is 60.4 Å². The molecule has 0 radical (unpaired) electrons. The van der Waals surface area contributed by atoms with E-state index in [2.05, 4.69) is 4.74 Å². The lowest BCUT2D eigenvalue weighted by Gasteiger charge is -2.09. The predicted octanol–water partition coefficient (Wildman–Crippen LogP) is 2.36. The average molecular weight is 283 g/mol. The van der Waals surface area contributed by atoms with Crippen LogP contribution in [0.1, 0.15) is 15.9 Å². The van der Waals surface area contributed by atoms with Gasteiger partial charge in [-0.05, 0) is 18.6 Å². The molecule has 0 saturated carbocycles. The summed E-state index contributed by atoms with van der Waals surface area (Å²) in [5.74, 6) is -0.840. The highest BCUT2D eigenvalue weighted by Crippen LogP contribution is 2.30. The summed E-state index contributed by atoms with van der Waals surface area (Å²) in [4.78, 5) is 11.1. The van der Waals surface area contributed by atoms with Crippen LogP contribution in [0.2, 0.25) is 5.02 Å². The van der Waals surface area contributed by atoms with Crippen molar-refractivity contribution in [2.75, 3.05) is 7.11 Å². The number of esters is 1. The van der Waals surface area contributed by atoms with Gasteiger partial charge in [0.1, 0.15) is 4.90 Å². The molecule has 0 spiro atoms. The molecule has 16 heavy (non-hydrogen) atoms. The molecule has 0 atom stereocenters. The number of hydrogen-bond donors (Lipinski definition) is 0. The quantitative estimate of drug-likeness (QED) is 0.617. The lowest BCUT2D eigenvalue weighted by Crippen LogP contribution is -2.10. The number of benzene rings is 1. The minimum atomic E-state index is -4.05. The Kier molecular flexibility index (Phi) is 3.83. The summed E-state index contributed by atoms with van der Waals surface area (Å²) in [6.07, 6.45) is 0. The van der Waals surface area contributed by atoms with Crippen molar-refractivity contribution < 1.29 is 17.9 Å². The van der Waals surface area contributed by atoms with E-state index in [1.165, 1.54) is 19.1 Å². The highest BCUT2D eigenvalue weighted by atomic mass is 35.7. The molecule has 4 nitrogen and oxygen atoms in total. The van der Waals surface area contributed by atoms with Gasteiger partial charge in [0.05, 0.1) is 17.7 Å². The van der Waals surface area contributed by atoms with Crippen LogP contribution >= 0.6 is 22.3 Å². The summed E-state index contributed by atoms with van der Waals surface area (Å²) < 4.78 is 27.2. The molecule has 0 heterocycles. The molecule has 0 aliphatic heterocycles. The highest BCUT2D eigenvalue weighted by molar-refractivity contribution is 8.13. The molecule has 0 aromatic heterocycles. The first-order chi connectivity index (χ1) is 7.29. The SMILES string of the molecule is COC(=O)c1c(Cl)ccc(C)c1S(=O)(=O)Cl. The molecule has 0 aliphatic carbocycles. The van der Waals surface area contributed by atoms with Crippen molar-refractivity contribution in [3.05, 3.63) is 28.3 Å². The third-order valence-electron chi connectivity index (χ3n) is 1.94. The summed E-state index contributed by atoms with van der Waals surface area (Å²) in [6.45, 7) is 1.51. The van der Waals surface area contributed by atoms with Crippen molar-refractivity contribution in [3.8, 4) is 0 Å². The van der Waals surface area contributed by atoms with Crippen LogP contribution in [0, 0.1) is 6.92 Å². The van der Waals surface area contributed by atoms with E-state index in [9.17, 15) is 13.2 Å². The zero-order valence-electron chi connectivity index (χ0n) is 8.45. The van der Waals surface area contributed by atoms with Gasteiger partial charge in [0.2, 0.25) is 0 Å². The number of hydrogen-bond acceptors (Lipinski definition) is 4. The van der Waals surface area contributed by atoms with Crippen LogP contribution in [0.4, 0.5) is 0 Å². The minimum absolute atomic E-state index is 0.0170. The van der Waals surface area contributed by atoms with Crippen molar-refractivity contribution in [2.24, 2.45) is 0 Å². The van der Waals surface area contributed by atoms with E-state index in [1.807, 2.05) is 0 Å². The number of carbonyl (C=O) groups excluding carboxylic acids is 1. The number of carbonyl (C=O) groups is 1. The Morgan fingerprint density at radius 2 is 1.94 bits per heavy atom. The molecule has 0 unspecified atom stereocenters. The Balaban J connectivity index is 3.70. The number of rotatable bonds is 2. The normalized spacial score (nSPS) is 11.2. The van der Waals surface area contributed by atoms with Crippen LogP contribution in [-0.4, -0.2) is 21.5 Å². The zero-order valence-corrected chi connectivity index (χ0v) is 10.8. The predicted molar refractivity (Wildman–Crippen MR) is 60.6 cm³/mol. The van der Waals surface area contributed by atoms with Crippen LogP contribution in [0.15, 0.2) is 17.0 Å². The van der Waals surface area contributed by atoms with E-state index in [0.717, 1.165) is 7.11 Å². The summed E-state index contributed by atoms with van der Waals surface area (Å²) in [5, 5.41) is -0.0170. The lowest BCUT2D eigenvalue weighted by atomic mass is 10.1. The maximum absolute atomic E-state index is 11.4. The first-order valence-electron chi connectivity index (χ1n) is 4.11. The summed E-state index contributed by atoms with van der Waals surface area (Å²) in [7, 11) is 2.32. The van der Waals surface area contributed by atoms with E-state index in [0.29, 0.717) is 5.56 Å². The summed E-state index contributed by atoms with van der Waals surface area (Å²) >= 11 is 5.76. The Hall–Kier alpha value is -0.780. The van der Waals surface area contributed by atoms with Crippen LogP contribution in [0.5, 0.6) is 0 Å². The highest BCUT2D eigenvalue weighted by Gasteiger charge is 2.26. The second kappa shape index (κ2) is 4.61. The third-order valence-corrected chi connectivity index (χ3v) is 3.73. The van der Waals surface area contributed by atoms with Gasteiger partial charge in [0.15, 0.2) is 0 Å². The molecule has 0 saturated heterocycles. The van der Waals surface area contributed by atoms with Crippen molar-refractivity contribution in [2.45, 2.75) is 11.8 Å². The molecule has 1 aromatic rings. The molecular formula is C9H8Cl2O4S. The van der Waals surface area contributed by atoms with Gasteiger partial charge in [0, 0.05) is 10.7 Å². The van der Waals surface area contributed by atoms with Crippen LogP contribution < -0.4 is 0 Å². The van der Waals surface area contributed by atoms with Gasteiger partial charge in [0.25, 0.3) is 9.05 Å². The molecule has 0 N–H and O–H groups in total. The zero-order chi connectivity index (χ0) is 12.5. The van der Waals surface area contributed by atoms with Crippen LogP contribution in [0.25, 0.3) is 0 Å². The summed E-state index contributed by atoms with van der Waals surface area (Å²) in [6, 6.07) is 2.87. The Morgan fingerprint density at radius 3 is 2.38 bits per heavy atom. The van der Waals surface area contributed by atoms with Gasteiger partial charge in [-0.15, -0.1) is 0 Å². The van der Waals surface area contributed by atoms with Gasteiger partial charge in [-0.1, -0.05) is 17.7 Å². The third kappa shape index (κ3) is 2.48. The maximum atomic E-state index is 11.4. The van der Waals surface area contributed by atoms with Gasteiger partial charge < -0.3 is 4.74 Å². The molecule has 0 fully saturated rings. The van der Waals surface area contributed by atoms with E-state index in [-0.39, 0.29) is 15.5 Å². The second-order valence-electron chi connectivity index (χ2n) is 3.00. The largest absolute Gasteiger partial charge is 0.465 e. The number of aryl methyl sites for hydroxylation is 1. The van der Waals surface area contributed by atoms with E-state index < -0.39 is 15.0 Å². The Morgan fingerprint density at radius 1 is 1.38 bits per heavy atom. The molecule has 7 heteroatoms. The molecule has 0 amide bonds. The lowest BCUT2D eigenvalue weighted by molar-refractivity contribution is 0.0596. The Bertz CT molecular complexity index is 537. The van der Waals surface area contributed by atoms with E-state index >= 15 is 0 Å². The van der Waals surface area contributed by atoms with Crippen molar-refractivity contribution in [1.29, 1.82) is 0 Å². The van der Waals surface area contributed by atoms with Crippen LogP contribution in [-0.2, 0) is 13.8 Å². The molecule has 0 aliphatic rings. The molecule has 1 rings (SSSR count). The fourth-order valence-corrected chi connectivity index (χ4v) is 3.05. The second-order valence-corrected chi connectivity index (χ2v) is 5.91. The minimum Gasteiger partial charge on any atom is -0.465 e. The van der Waals surface area contributed by atoms with E-state index in [1.54, 1.807) is 0 Å². The smallest absolute Gasteiger partial charge is 0.340 e. The van der Waals surface area contributed by atoms with Gasteiger partial charge >= 0.3 is 5.97 Å². The number of halogens is 2. The fourth-order valence-electron chi connectivity index (χ4n) is 1.27. The fraction of sp³-hybridized carbons (Fsp3) is 0.222. The van der Waals surface area contributed by atoms with Crippen molar-refractivity contribution in [1.82, 2.24) is 0 Å². The molecule has 88 valence electrons. The summed E-state index contributed by atoms with van der Waals surface area (Å²) in [5.41, 5.74) is 0.0963. The Labute approximate surface area is 103 Å². The van der Waals surface area contributed by atoms with Crippen molar-refractivity contribution in [3.63, 3.8) is 0 Å². The van der Waals surface area contributed by atoms with E-state index in [4.69, 9.17) is 22.3 Å². The first-order valence-corrected chi connectivity index (χ1v) is 6.80. The van der Waals surface area contributed by atoms with Crippen molar-refractivity contribution >= 4 is 37.3 Å². The number of ether oxygens (including phenoxy) is 1. The van der Waals surface area contributed by atoms with Gasteiger partial charge in [-0.25, -0.2) is 13.2 Å². The van der Waals surface area contributed by atoms with Gasteiger partial charge in [-0.2, -0.15) is 0 Å². The average Bonchev–Trinajstić information content (AvgIpc) is 2.18. The molecule has 0 bridgehead atoms. The maximum Gasteiger partial charge on any atom is 0.340 e. The number of methoxy groups -OCH3 is 1. The molecular weight excluding hydrogens is 275 g/mol. The van der Waals surface area contributed by atoms with Crippen LogP contribution in [0.3, 0.4) is 0 Å². The van der Waals surface area contributed by atoms with Gasteiger partial charge in [-0.3, -0.25) is 0 Å². The first kappa shape index (κ1) is 13.3. The standard InChI is InChI=1S/C9H8Cl2O4S/c1-5-3-4-6(10)7(9(12)15-2)8(5)16(11,13)14/h3-4H,1-2H3.